The van der Waals surface area contributed by atoms with Crippen molar-refractivity contribution in [2.75, 3.05) is 0 Å². The molecule has 0 aliphatic rings. The van der Waals surface area contributed by atoms with Gasteiger partial charge in [-0.1, -0.05) is 24.3 Å². The third-order valence-corrected chi connectivity index (χ3v) is 3.46. The molecule has 0 N–H and O–H groups in total. The van der Waals surface area contributed by atoms with E-state index in [9.17, 15) is 0 Å². The van der Waals surface area contributed by atoms with Crippen molar-refractivity contribution in [2.24, 2.45) is 0 Å². The second kappa shape index (κ2) is 4.20. The predicted octanol–water partition coefficient (Wildman–Crippen LogP) is 3.86. The van der Waals surface area contributed by atoms with E-state index in [0.717, 1.165) is 34.5 Å². The molecule has 2 aromatic carbocycles. The molecule has 0 bridgehead atoms. The van der Waals surface area contributed by atoms with E-state index in [0.29, 0.717) is 5.89 Å². The van der Waals surface area contributed by atoms with Gasteiger partial charge in [0, 0.05) is 6.54 Å². The summed E-state index contributed by atoms with van der Waals surface area (Å²) in [6.45, 7) is 2.93. The number of benzene rings is 2. The molecule has 4 heteroatoms. The van der Waals surface area contributed by atoms with Gasteiger partial charge in [0.1, 0.15) is 5.52 Å². The fourth-order valence-corrected chi connectivity index (χ4v) is 2.53. The van der Waals surface area contributed by atoms with E-state index in [1.807, 2.05) is 42.5 Å². The van der Waals surface area contributed by atoms with Gasteiger partial charge in [0.15, 0.2) is 11.4 Å². The fraction of sp³-hybridized carbons (Fsp3) is 0.125. The zero-order chi connectivity index (χ0) is 13.5. The summed E-state index contributed by atoms with van der Waals surface area (Å²) in [5.41, 5.74) is 3.72. The molecular formula is C16H13N3O. The van der Waals surface area contributed by atoms with Gasteiger partial charge >= 0.3 is 0 Å². The topological polar surface area (TPSA) is 43.9 Å². The second-order valence-corrected chi connectivity index (χ2v) is 4.66. The Hall–Kier alpha value is -2.62. The molecule has 4 nitrogen and oxygen atoms in total. The van der Waals surface area contributed by atoms with Gasteiger partial charge in [-0.25, -0.2) is 9.97 Å². The van der Waals surface area contributed by atoms with Crippen LogP contribution in [0.4, 0.5) is 0 Å². The van der Waals surface area contributed by atoms with Crippen molar-refractivity contribution in [2.45, 2.75) is 13.5 Å². The van der Waals surface area contributed by atoms with E-state index in [1.165, 1.54) is 0 Å². The van der Waals surface area contributed by atoms with E-state index in [4.69, 9.17) is 4.42 Å². The second-order valence-electron chi connectivity index (χ2n) is 4.66. The van der Waals surface area contributed by atoms with Gasteiger partial charge in [0.25, 0.3) is 5.89 Å². The molecule has 0 saturated heterocycles. The molecule has 4 aromatic rings. The van der Waals surface area contributed by atoms with Gasteiger partial charge in [-0.15, -0.1) is 0 Å². The molecule has 0 aliphatic heterocycles. The highest BCUT2D eigenvalue weighted by atomic mass is 16.3. The van der Waals surface area contributed by atoms with Gasteiger partial charge < -0.3 is 8.98 Å². The standard InChI is InChI=1S/C16H13N3O/c1-2-19-13-9-5-3-7-11(13)17-15(19)16-18-12-8-4-6-10-14(12)20-16/h3-10H,2H2,1H3. The summed E-state index contributed by atoms with van der Waals surface area (Å²) in [6, 6.07) is 15.9. The van der Waals surface area contributed by atoms with Crippen LogP contribution in [-0.2, 0) is 6.54 Å². The summed E-state index contributed by atoms with van der Waals surface area (Å²) in [4.78, 5) is 9.19. The first-order valence-electron chi connectivity index (χ1n) is 6.68. The minimum atomic E-state index is 0.573. The Balaban J connectivity index is 2.01. The lowest BCUT2D eigenvalue weighted by molar-refractivity contribution is 0.604. The molecule has 0 radical (unpaired) electrons. The highest BCUT2D eigenvalue weighted by Crippen LogP contribution is 2.27. The largest absolute Gasteiger partial charge is 0.434 e. The summed E-state index contributed by atoms with van der Waals surface area (Å²) < 4.78 is 7.96. The van der Waals surface area contributed by atoms with Gasteiger partial charge in [-0.2, -0.15) is 0 Å². The molecule has 2 aromatic heterocycles. The van der Waals surface area contributed by atoms with Crippen molar-refractivity contribution in [1.29, 1.82) is 0 Å². The lowest BCUT2D eigenvalue weighted by atomic mass is 10.3. The van der Waals surface area contributed by atoms with Crippen LogP contribution in [-0.4, -0.2) is 14.5 Å². The van der Waals surface area contributed by atoms with Crippen molar-refractivity contribution in [3.8, 4) is 11.7 Å². The van der Waals surface area contributed by atoms with Crippen LogP contribution in [0.25, 0.3) is 33.8 Å². The Labute approximate surface area is 115 Å². The molecule has 0 unspecified atom stereocenters. The maximum absolute atomic E-state index is 5.83. The quantitative estimate of drug-likeness (QED) is 0.551. The molecule has 0 spiro atoms. The highest BCUT2D eigenvalue weighted by Gasteiger charge is 2.16. The number of para-hydroxylation sites is 4. The SMILES string of the molecule is CCn1c(-c2nc3ccccc3o2)nc2ccccc21. The minimum Gasteiger partial charge on any atom is -0.434 e. The zero-order valence-electron chi connectivity index (χ0n) is 11.1. The minimum absolute atomic E-state index is 0.573. The van der Waals surface area contributed by atoms with Crippen LogP contribution in [0.1, 0.15) is 6.92 Å². The lowest BCUT2D eigenvalue weighted by Crippen LogP contribution is -1.97. The first-order valence-corrected chi connectivity index (χ1v) is 6.68. The number of hydrogen-bond acceptors (Lipinski definition) is 3. The van der Waals surface area contributed by atoms with Crippen molar-refractivity contribution >= 4 is 22.1 Å². The Morgan fingerprint density at radius 1 is 0.950 bits per heavy atom. The number of nitrogens with zero attached hydrogens (tertiary/aromatic N) is 3. The van der Waals surface area contributed by atoms with Crippen LogP contribution in [0.15, 0.2) is 52.9 Å². The first kappa shape index (κ1) is 11.2. The normalized spacial score (nSPS) is 11.4. The van der Waals surface area contributed by atoms with Crippen LogP contribution in [0.2, 0.25) is 0 Å². The van der Waals surface area contributed by atoms with Crippen molar-refractivity contribution in [3.63, 3.8) is 0 Å². The Kier molecular flexibility index (Phi) is 2.36. The fourth-order valence-electron chi connectivity index (χ4n) is 2.53. The lowest BCUT2D eigenvalue weighted by Gasteiger charge is -2.01. The third kappa shape index (κ3) is 1.54. The van der Waals surface area contributed by atoms with Gasteiger partial charge in [0.2, 0.25) is 0 Å². The summed E-state index contributed by atoms with van der Waals surface area (Å²) in [5, 5.41) is 0. The molecule has 0 saturated carbocycles. The summed E-state index contributed by atoms with van der Waals surface area (Å²) in [7, 11) is 0. The zero-order valence-corrected chi connectivity index (χ0v) is 11.1. The summed E-state index contributed by atoms with van der Waals surface area (Å²) >= 11 is 0. The molecule has 0 fully saturated rings. The molecule has 20 heavy (non-hydrogen) atoms. The number of oxazole rings is 1. The number of imidazole rings is 1. The number of fused-ring (bicyclic) bond motifs is 2. The van der Waals surface area contributed by atoms with Crippen LogP contribution in [0, 0.1) is 0 Å². The van der Waals surface area contributed by atoms with Gasteiger partial charge in [-0.3, -0.25) is 0 Å². The van der Waals surface area contributed by atoms with Crippen LogP contribution in [0.5, 0.6) is 0 Å². The van der Waals surface area contributed by atoms with Crippen molar-refractivity contribution in [3.05, 3.63) is 48.5 Å². The van der Waals surface area contributed by atoms with Gasteiger partial charge in [-0.05, 0) is 31.2 Å². The number of aryl methyl sites for hydroxylation is 1. The van der Waals surface area contributed by atoms with Crippen molar-refractivity contribution < 1.29 is 4.42 Å². The smallest absolute Gasteiger partial charge is 0.264 e. The van der Waals surface area contributed by atoms with Crippen LogP contribution >= 0.6 is 0 Å². The molecule has 0 aliphatic carbocycles. The van der Waals surface area contributed by atoms with E-state index < -0.39 is 0 Å². The molecule has 0 amide bonds. The molecule has 98 valence electrons. The number of aromatic nitrogens is 3. The van der Waals surface area contributed by atoms with E-state index in [-0.39, 0.29) is 0 Å². The molecular weight excluding hydrogens is 250 g/mol. The first-order chi connectivity index (χ1) is 9.86. The Bertz CT molecular complexity index is 871. The van der Waals surface area contributed by atoms with Gasteiger partial charge in [0.05, 0.1) is 11.0 Å². The molecule has 0 atom stereocenters. The van der Waals surface area contributed by atoms with E-state index >= 15 is 0 Å². The van der Waals surface area contributed by atoms with Crippen LogP contribution < -0.4 is 0 Å². The van der Waals surface area contributed by atoms with E-state index in [1.54, 1.807) is 0 Å². The summed E-state index contributed by atoms with van der Waals surface area (Å²) in [5.74, 6) is 1.36. The van der Waals surface area contributed by atoms with E-state index in [2.05, 4.69) is 27.5 Å². The Morgan fingerprint density at radius 3 is 2.50 bits per heavy atom. The molecule has 2 heterocycles. The highest BCUT2D eigenvalue weighted by molar-refractivity contribution is 5.81. The van der Waals surface area contributed by atoms with Crippen molar-refractivity contribution in [1.82, 2.24) is 14.5 Å². The summed E-state index contributed by atoms with van der Waals surface area (Å²) in [6.07, 6.45) is 0. The number of hydrogen-bond donors (Lipinski definition) is 0. The average Bonchev–Trinajstić information content (AvgIpc) is 3.07. The third-order valence-electron chi connectivity index (χ3n) is 3.46. The average molecular weight is 263 g/mol. The van der Waals surface area contributed by atoms with Crippen LogP contribution in [0.3, 0.4) is 0 Å². The maximum atomic E-state index is 5.83. The molecule has 4 rings (SSSR count). The predicted molar refractivity (Wildman–Crippen MR) is 78.4 cm³/mol. The monoisotopic (exact) mass is 263 g/mol. The maximum Gasteiger partial charge on any atom is 0.264 e. The Morgan fingerprint density at radius 2 is 1.70 bits per heavy atom. The number of rotatable bonds is 2.